The number of ether oxygens (including phenoxy) is 1. The number of hydrogen-bond acceptors (Lipinski definition) is 3. The van der Waals surface area contributed by atoms with Gasteiger partial charge in [-0.2, -0.15) is 0 Å². The zero-order chi connectivity index (χ0) is 19.9. The molecular weight excluding hydrogens is 355 g/mol. The Morgan fingerprint density at radius 3 is 2.43 bits per heavy atom. The third-order valence-electron chi connectivity index (χ3n) is 5.60. The van der Waals surface area contributed by atoms with Crippen molar-refractivity contribution >= 4 is 0 Å². The van der Waals surface area contributed by atoms with Crippen LogP contribution in [0.5, 0.6) is 5.75 Å². The second kappa shape index (κ2) is 7.06. The Hall–Kier alpha value is -2.66. The molecule has 5 heteroatoms. The lowest BCUT2D eigenvalue weighted by atomic mass is 9.84. The van der Waals surface area contributed by atoms with E-state index < -0.39 is 6.10 Å². The standard InChI is InChI=1S/C23H25FN2O2/c1-23(2)13-4-14-26-20(21(27)16-7-11-18(28-3)12-8-16)19(25-22(23)26)15-5-9-17(24)10-6-15/h5-12,21,27H,4,13-14H2,1-3H3. The topological polar surface area (TPSA) is 47.3 Å². The minimum atomic E-state index is -0.832. The zero-order valence-electron chi connectivity index (χ0n) is 16.4. The summed E-state index contributed by atoms with van der Waals surface area (Å²) in [5, 5.41) is 11.3. The summed E-state index contributed by atoms with van der Waals surface area (Å²) in [6.07, 6.45) is 1.24. The van der Waals surface area contributed by atoms with E-state index in [1.165, 1.54) is 12.1 Å². The number of aromatic nitrogens is 2. The van der Waals surface area contributed by atoms with Crippen LogP contribution in [0.25, 0.3) is 11.3 Å². The first kappa shape index (κ1) is 18.7. The summed E-state index contributed by atoms with van der Waals surface area (Å²) in [6, 6.07) is 13.7. The fourth-order valence-corrected chi connectivity index (χ4v) is 4.04. The SMILES string of the molecule is COc1ccc(C(O)c2c(-c3ccc(F)cc3)nc3n2CCCC3(C)C)cc1. The fraction of sp³-hybridized carbons (Fsp3) is 0.348. The van der Waals surface area contributed by atoms with Gasteiger partial charge in [0.05, 0.1) is 18.5 Å². The molecule has 1 aromatic heterocycles. The predicted octanol–water partition coefficient (Wildman–Crippen LogP) is 4.85. The smallest absolute Gasteiger partial charge is 0.123 e. The van der Waals surface area contributed by atoms with Gasteiger partial charge in [0, 0.05) is 17.5 Å². The Morgan fingerprint density at radius 1 is 1.11 bits per heavy atom. The molecule has 3 aromatic rings. The number of halogens is 1. The molecule has 2 aromatic carbocycles. The van der Waals surface area contributed by atoms with E-state index in [1.54, 1.807) is 19.2 Å². The number of aliphatic hydroxyl groups excluding tert-OH is 1. The summed E-state index contributed by atoms with van der Waals surface area (Å²) < 4.78 is 20.8. The van der Waals surface area contributed by atoms with Gasteiger partial charge in [0.2, 0.25) is 0 Å². The molecule has 28 heavy (non-hydrogen) atoms. The summed E-state index contributed by atoms with van der Waals surface area (Å²) in [5.74, 6) is 1.43. The molecule has 0 radical (unpaired) electrons. The number of hydrogen-bond donors (Lipinski definition) is 1. The Bertz CT molecular complexity index is 975. The highest BCUT2D eigenvalue weighted by Crippen LogP contribution is 2.40. The quantitative estimate of drug-likeness (QED) is 0.704. The van der Waals surface area contributed by atoms with Crippen molar-refractivity contribution in [3.05, 3.63) is 71.4 Å². The highest BCUT2D eigenvalue weighted by atomic mass is 19.1. The van der Waals surface area contributed by atoms with E-state index in [0.29, 0.717) is 5.69 Å². The van der Waals surface area contributed by atoms with Crippen molar-refractivity contribution in [3.63, 3.8) is 0 Å². The number of benzene rings is 2. The average Bonchev–Trinajstić information content (AvgIpc) is 3.09. The molecule has 4 rings (SSSR count). The van der Waals surface area contributed by atoms with Crippen molar-refractivity contribution in [2.75, 3.05) is 7.11 Å². The van der Waals surface area contributed by atoms with Crippen molar-refractivity contribution in [3.8, 4) is 17.0 Å². The van der Waals surface area contributed by atoms with E-state index in [4.69, 9.17) is 9.72 Å². The number of imidazole rings is 1. The maximum absolute atomic E-state index is 13.5. The molecule has 1 N–H and O–H groups in total. The van der Waals surface area contributed by atoms with Gasteiger partial charge in [-0.3, -0.25) is 0 Å². The molecule has 0 saturated heterocycles. The van der Waals surface area contributed by atoms with Crippen molar-refractivity contribution in [1.82, 2.24) is 9.55 Å². The maximum Gasteiger partial charge on any atom is 0.123 e. The van der Waals surface area contributed by atoms with Gasteiger partial charge in [-0.25, -0.2) is 9.37 Å². The highest BCUT2D eigenvalue weighted by molar-refractivity contribution is 5.64. The van der Waals surface area contributed by atoms with Crippen molar-refractivity contribution in [1.29, 1.82) is 0 Å². The first-order valence-electron chi connectivity index (χ1n) is 9.59. The van der Waals surface area contributed by atoms with Crippen LogP contribution >= 0.6 is 0 Å². The zero-order valence-corrected chi connectivity index (χ0v) is 16.4. The molecule has 2 heterocycles. The summed E-state index contributed by atoms with van der Waals surface area (Å²) >= 11 is 0. The molecule has 0 spiro atoms. The van der Waals surface area contributed by atoms with E-state index in [1.807, 2.05) is 24.3 Å². The van der Waals surface area contributed by atoms with Crippen molar-refractivity contribution in [2.24, 2.45) is 0 Å². The lowest BCUT2D eigenvalue weighted by Gasteiger charge is -2.31. The molecule has 0 bridgehead atoms. The maximum atomic E-state index is 13.5. The van der Waals surface area contributed by atoms with Gasteiger partial charge >= 0.3 is 0 Å². The molecule has 1 atom stereocenters. The van der Waals surface area contributed by atoms with Crippen LogP contribution in [0, 0.1) is 5.82 Å². The Labute approximate surface area is 164 Å². The lowest BCUT2D eigenvalue weighted by Crippen LogP contribution is -2.29. The number of aliphatic hydroxyl groups is 1. The Morgan fingerprint density at radius 2 is 1.79 bits per heavy atom. The molecule has 0 aliphatic carbocycles. The third-order valence-corrected chi connectivity index (χ3v) is 5.60. The first-order valence-corrected chi connectivity index (χ1v) is 9.59. The van der Waals surface area contributed by atoms with Gasteiger partial charge in [-0.05, 0) is 54.8 Å². The normalized spacial score (nSPS) is 16.5. The number of fused-ring (bicyclic) bond motifs is 1. The van der Waals surface area contributed by atoms with Gasteiger partial charge in [-0.15, -0.1) is 0 Å². The van der Waals surface area contributed by atoms with Crippen LogP contribution in [0.2, 0.25) is 0 Å². The van der Waals surface area contributed by atoms with Crippen LogP contribution in [0.1, 0.15) is 49.9 Å². The van der Waals surface area contributed by atoms with Crippen LogP contribution < -0.4 is 4.74 Å². The molecule has 1 aliphatic rings. The average molecular weight is 380 g/mol. The molecular formula is C23H25FN2O2. The van der Waals surface area contributed by atoms with Crippen molar-refractivity contribution in [2.45, 2.75) is 44.8 Å². The number of nitrogens with zero attached hydrogens (tertiary/aromatic N) is 2. The molecule has 0 saturated carbocycles. The van der Waals surface area contributed by atoms with Crippen LogP contribution in [0.3, 0.4) is 0 Å². The van der Waals surface area contributed by atoms with E-state index in [2.05, 4.69) is 18.4 Å². The minimum Gasteiger partial charge on any atom is -0.497 e. The number of methoxy groups -OCH3 is 1. The molecule has 1 aliphatic heterocycles. The molecule has 0 fully saturated rings. The first-order chi connectivity index (χ1) is 13.4. The summed E-state index contributed by atoms with van der Waals surface area (Å²) in [4.78, 5) is 4.94. The van der Waals surface area contributed by atoms with Crippen LogP contribution in [-0.2, 0) is 12.0 Å². The summed E-state index contributed by atoms with van der Waals surface area (Å²) in [5.41, 5.74) is 2.98. The number of rotatable bonds is 4. The highest BCUT2D eigenvalue weighted by Gasteiger charge is 2.35. The second-order valence-electron chi connectivity index (χ2n) is 7.99. The summed E-state index contributed by atoms with van der Waals surface area (Å²) in [6.45, 7) is 5.18. The monoisotopic (exact) mass is 380 g/mol. The van der Waals surface area contributed by atoms with E-state index in [9.17, 15) is 9.50 Å². The van der Waals surface area contributed by atoms with Crippen LogP contribution in [-0.4, -0.2) is 21.8 Å². The van der Waals surface area contributed by atoms with Gasteiger partial charge in [0.1, 0.15) is 23.5 Å². The van der Waals surface area contributed by atoms with Gasteiger partial charge in [0.25, 0.3) is 0 Å². The van der Waals surface area contributed by atoms with E-state index in [0.717, 1.165) is 47.8 Å². The largest absolute Gasteiger partial charge is 0.497 e. The lowest BCUT2D eigenvalue weighted by molar-refractivity contribution is 0.205. The summed E-state index contributed by atoms with van der Waals surface area (Å²) in [7, 11) is 1.62. The van der Waals surface area contributed by atoms with Gasteiger partial charge in [0.15, 0.2) is 0 Å². The molecule has 1 unspecified atom stereocenters. The van der Waals surface area contributed by atoms with Gasteiger partial charge < -0.3 is 14.4 Å². The molecule has 146 valence electrons. The van der Waals surface area contributed by atoms with Crippen molar-refractivity contribution < 1.29 is 14.2 Å². The van der Waals surface area contributed by atoms with E-state index >= 15 is 0 Å². The second-order valence-corrected chi connectivity index (χ2v) is 7.99. The minimum absolute atomic E-state index is 0.0785. The van der Waals surface area contributed by atoms with Crippen LogP contribution in [0.4, 0.5) is 4.39 Å². The van der Waals surface area contributed by atoms with E-state index in [-0.39, 0.29) is 11.2 Å². The molecule has 0 amide bonds. The third kappa shape index (κ3) is 3.20. The fourth-order valence-electron chi connectivity index (χ4n) is 4.04. The predicted molar refractivity (Wildman–Crippen MR) is 107 cm³/mol. The van der Waals surface area contributed by atoms with Crippen LogP contribution in [0.15, 0.2) is 48.5 Å². The Kier molecular flexibility index (Phi) is 4.71. The molecule has 4 nitrogen and oxygen atoms in total. The Balaban J connectivity index is 1.88. The van der Waals surface area contributed by atoms with Gasteiger partial charge in [-0.1, -0.05) is 26.0 Å².